The molecule has 0 aliphatic rings. The van der Waals surface area contributed by atoms with Crippen LogP contribution in [0.15, 0.2) is 60.1 Å². The Labute approximate surface area is 133 Å². The first-order chi connectivity index (χ1) is 10.7. The van der Waals surface area contributed by atoms with Gasteiger partial charge in [0.05, 0.1) is 5.69 Å². The van der Waals surface area contributed by atoms with Gasteiger partial charge in [0, 0.05) is 11.8 Å². The van der Waals surface area contributed by atoms with Crippen LogP contribution in [0.5, 0.6) is 0 Å². The lowest BCUT2D eigenvalue weighted by atomic mass is 10.1. The normalized spacial score (nSPS) is 10.4. The van der Waals surface area contributed by atoms with E-state index in [-0.39, 0.29) is 12.6 Å². The molecule has 22 heavy (non-hydrogen) atoms. The SMILES string of the molecule is Cc1ccc(-c2ccsc2C(=O)OCc2ccccn2)cc1. The molecule has 3 rings (SSSR count). The number of thiophene rings is 1. The third-order valence-corrected chi connectivity index (χ3v) is 4.18. The molecule has 4 heteroatoms. The van der Waals surface area contributed by atoms with Gasteiger partial charge in [-0.05, 0) is 36.1 Å². The molecular weight excluding hydrogens is 294 g/mol. The Balaban J connectivity index is 1.76. The second-order valence-corrected chi connectivity index (χ2v) is 5.84. The summed E-state index contributed by atoms with van der Waals surface area (Å²) in [5.41, 5.74) is 3.87. The molecule has 0 saturated heterocycles. The molecule has 0 radical (unpaired) electrons. The van der Waals surface area contributed by atoms with Crippen LogP contribution in [-0.2, 0) is 11.3 Å². The van der Waals surface area contributed by atoms with E-state index in [0.717, 1.165) is 16.8 Å². The molecule has 0 aliphatic carbocycles. The van der Waals surface area contributed by atoms with Crippen LogP contribution < -0.4 is 0 Å². The number of aryl methyl sites for hydroxylation is 1. The van der Waals surface area contributed by atoms with Crippen molar-refractivity contribution < 1.29 is 9.53 Å². The summed E-state index contributed by atoms with van der Waals surface area (Å²) >= 11 is 1.40. The van der Waals surface area contributed by atoms with Crippen molar-refractivity contribution in [3.8, 4) is 11.1 Å². The summed E-state index contributed by atoms with van der Waals surface area (Å²) in [6, 6.07) is 15.6. The largest absolute Gasteiger partial charge is 0.455 e. The van der Waals surface area contributed by atoms with Gasteiger partial charge in [-0.25, -0.2) is 4.79 Å². The highest BCUT2D eigenvalue weighted by Gasteiger charge is 2.16. The highest BCUT2D eigenvalue weighted by atomic mass is 32.1. The maximum Gasteiger partial charge on any atom is 0.349 e. The third-order valence-electron chi connectivity index (χ3n) is 3.29. The predicted molar refractivity (Wildman–Crippen MR) is 87.8 cm³/mol. The minimum Gasteiger partial charge on any atom is -0.455 e. The van der Waals surface area contributed by atoms with Crippen LogP contribution in [0.2, 0.25) is 0 Å². The highest BCUT2D eigenvalue weighted by molar-refractivity contribution is 7.12. The first-order valence-electron chi connectivity index (χ1n) is 6.95. The van der Waals surface area contributed by atoms with Crippen molar-refractivity contribution in [1.82, 2.24) is 4.98 Å². The van der Waals surface area contributed by atoms with Crippen molar-refractivity contribution in [3.63, 3.8) is 0 Å². The summed E-state index contributed by atoms with van der Waals surface area (Å²) in [5.74, 6) is -0.309. The van der Waals surface area contributed by atoms with Gasteiger partial charge in [-0.2, -0.15) is 0 Å². The Morgan fingerprint density at radius 2 is 1.95 bits per heavy atom. The summed E-state index contributed by atoms with van der Waals surface area (Å²) in [7, 11) is 0. The molecule has 2 aromatic heterocycles. The Bertz CT molecular complexity index is 763. The summed E-state index contributed by atoms with van der Waals surface area (Å²) < 4.78 is 5.37. The molecule has 0 amide bonds. The Morgan fingerprint density at radius 3 is 2.68 bits per heavy atom. The van der Waals surface area contributed by atoms with Crippen molar-refractivity contribution in [1.29, 1.82) is 0 Å². The number of esters is 1. The number of rotatable bonds is 4. The van der Waals surface area contributed by atoms with Crippen molar-refractivity contribution in [3.05, 3.63) is 76.2 Å². The summed E-state index contributed by atoms with van der Waals surface area (Å²) in [6.07, 6.45) is 1.69. The molecule has 110 valence electrons. The van der Waals surface area contributed by atoms with Crippen LogP contribution >= 0.6 is 11.3 Å². The minimum atomic E-state index is -0.309. The van der Waals surface area contributed by atoms with Crippen LogP contribution in [0.25, 0.3) is 11.1 Å². The fourth-order valence-electron chi connectivity index (χ4n) is 2.12. The van der Waals surface area contributed by atoms with E-state index in [1.54, 1.807) is 6.20 Å². The number of aromatic nitrogens is 1. The van der Waals surface area contributed by atoms with Gasteiger partial charge in [0.15, 0.2) is 0 Å². The number of benzene rings is 1. The van der Waals surface area contributed by atoms with Crippen LogP contribution in [0.4, 0.5) is 0 Å². The van der Waals surface area contributed by atoms with Gasteiger partial charge in [0.1, 0.15) is 11.5 Å². The maximum atomic E-state index is 12.3. The fourth-order valence-corrected chi connectivity index (χ4v) is 2.92. The van der Waals surface area contributed by atoms with Gasteiger partial charge in [0.2, 0.25) is 0 Å². The zero-order valence-electron chi connectivity index (χ0n) is 12.2. The lowest BCUT2D eigenvalue weighted by molar-refractivity contribution is 0.0474. The van der Waals surface area contributed by atoms with E-state index in [1.807, 2.05) is 60.8 Å². The van der Waals surface area contributed by atoms with Gasteiger partial charge >= 0.3 is 5.97 Å². The zero-order chi connectivity index (χ0) is 15.4. The molecule has 0 N–H and O–H groups in total. The highest BCUT2D eigenvalue weighted by Crippen LogP contribution is 2.29. The van der Waals surface area contributed by atoms with Crippen LogP contribution in [0.1, 0.15) is 20.9 Å². The number of hydrogen-bond donors (Lipinski definition) is 0. The maximum absolute atomic E-state index is 12.3. The van der Waals surface area contributed by atoms with E-state index >= 15 is 0 Å². The summed E-state index contributed by atoms with van der Waals surface area (Å²) in [5, 5.41) is 1.91. The first-order valence-corrected chi connectivity index (χ1v) is 7.83. The van der Waals surface area contributed by atoms with Crippen LogP contribution in [0, 0.1) is 6.92 Å². The number of carbonyl (C=O) groups is 1. The lowest BCUT2D eigenvalue weighted by Gasteiger charge is -2.06. The van der Waals surface area contributed by atoms with E-state index < -0.39 is 0 Å². The fraction of sp³-hybridized carbons (Fsp3) is 0.111. The van der Waals surface area contributed by atoms with Crippen molar-refractivity contribution in [2.45, 2.75) is 13.5 Å². The molecular formula is C18H15NO2S. The van der Waals surface area contributed by atoms with Gasteiger partial charge in [-0.3, -0.25) is 4.98 Å². The molecule has 0 atom stereocenters. The third kappa shape index (κ3) is 3.23. The molecule has 0 spiro atoms. The van der Waals surface area contributed by atoms with E-state index in [9.17, 15) is 4.79 Å². The Morgan fingerprint density at radius 1 is 1.14 bits per heavy atom. The quantitative estimate of drug-likeness (QED) is 0.667. The lowest BCUT2D eigenvalue weighted by Crippen LogP contribution is -2.05. The number of carbonyl (C=O) groups excluding carboxylic acids is 1. The van der Waals surface area contributed by atoms with Crippen molar-refractivity contribution in [2.75, 3.05) is 0 Å². The Kier molecular flexibility index (Phi) is 4.30. The zero-order valence-corrected chi connectivity index (χ0v) is 13.0. The van der Waals surface area contributed by atoms with Crippen molar-refractivity contribution >= 4 is 17.3 Å². The van der Waals surface area contributed by atoms with Crippen molar-refractivity contribution in [2.24, 2.45) is 0 Å². The average Bonchev–Trinajstić information content (AvgIpc) is 3.04. The minimum absolute atomic E-state index is 0.185. The predicted octanol–water partition coefficient (Wildman–Crippen LogP) is 4.48. The van der Waals surface area contributed by atoms with Gasteiger partial charge < -0.3 is 4.74 Å². The molecule has 0 fully saturated rings. The van der Waals surface area contributed by atoms with Gasteiger partial charge in [-0.1, -0.05) is 35.9 Å². The Hall–Kier alpha value is -2.46. The topological polar surface area (TPSA) is 39.2 Å². The summed E-state index contributed by atoms with van der Waals surface area (Å²) in [4.78, 5) is 17.1. The molecule has 3 nitrogen and oxygen atoms in total. The van der Waals surface area contributed by atoms with E-state index in [4.69, 9.17) is 4.74 Å². The molecule has 1 aromatic carbocycles. The second-order valence-electron chi connectivity index (χ2n) is 4.93. The van der Waals surface area contributed by atoms with Crippen LogP contribution in [-0.4, -0.2) is 11.0 Å². The number of pyridine rings is 1. The average molecular weight is 309 g/mol. The van der Waals surface area contributed by atoms with E-state index in [1.165, 1.54) is 16.9 Å². The monoisotopic (exact) mass is 309 g/mol. The number of hydrogen-bond acceptors (Lipinski definition) is 4. The molecule has 0 bridgehead atoms. The number of ether oxygens (including phenoxy) is 1. The van der Waals surface area contributed by atoms with E-state index in [0.29, 0.717) is 4.88 Å². The van der Waals surface area contributed by atoms with Gasteiger partial charge in [-0.15, -0.1) is 11.3 Å². The molecule has 0 unspecified atom stereocenters. The smallest absolute Gasteiger partial charge is 0.349 e. The van der Waals surface area contributed by atoms with Gasteiger partial charge in [0.25, 0.3) is 0 Å². The van der Waals surface area contributed by atoms with E-state index in [2.05, 4.69) is 4.98 Å². The molecule has 0 saturated carbocycles. The standard InChI is InChI=1S/C18H15NO2S/c1-13-5-7-14(8-6-13)16-9-11-22-17(16)18(20)21-12-15-4-2-3-10-19-15/h2-11H,12H2,1H3. The second kappa shape index (κ2) is 6.54. The number of nitrogens with zero attached hydrogens (tertiary/aromatic N) is 1. The molecule has 3 aromatic rings. The molecule has 0 aliphatic heterocycles. The first kappa shape index (κ1) is 14.5. The summed E-state index contributed by atoms with van der Waals surface area (Å²) in [6.45, 7) is 2.23. The molecule has 2 heterocycles. The van der Waals surface area contributed by atoms with Crippen LogP contribution in [0.3, 0.4) is 0 Å².